The first-order chi connectivity index (χ1) is 13.1. The molecule has 0 spiro atoms. The summed E-state index contributed by atoms with van der Waals surface area (Å²) in [6.45, 7) is 2.09. The van der Waals surface area contributed by atoms with Crippen molar-refractivity contribution in [2.75, 3.05) is 6.61 Å². The van der Waals surface area contributed by atoms with E-state index in [1.54, 1.807) is 50.4 Å². The topological polar surface area (TPSA) is 103 Å². The number of benzene rings is 1. The molecule has 4 aromatic rings. The van der Waals surface area contributed by atoms with E-state index in [9.17, 15) is 9.59 Å². The standard InChI is InChI=1S/C19H16N4O4/c1-3-26-19(25)12-6-4-11(5-7-12)14-8-9-15(27-14)17-21-13-10-20-23(2)16(13)18(24)22-17/h4-10H,3H2,1-2H3,(H,21,22,24). The lowest BCUT2D eigenvalue weighted by Gasteiger charge is -2.02. The van der Waals surface area contributed by atoms with Crippen LogP contribution in [0, 0.1) is 0 Å². The highest BCUT2D eigenvalue weighted by atomic mass is 16.5. The average molecular weight is 364 g/mol. The van der Waals surface area contributed by atoms with Gasteiger partial charge in [-0.3, -0.25) is 9.48 Å². The number of fused-ring (bicyclic) bond motifs is 1. The van der Waals surface area contributed by atoms with Crippen molar-refractivity contribution in [1.29, 1.82) is 0 Å². The number of carbonyl (C=O) groups excluding carboxylic acids is 1. The average Bonchev–Trinajstić information content (AvgIpc) is 3.30. The summed E-state index contributed by atoms with van der Waals surface area (Å²) in [7, 11) is 1.68. The third-order valence-corrected chi connectivity index (χ3v) is 4.12. The van der Waals surface area contributed by atoms with Crippen molar-refractivity contribution in [3.63, 3.8) is 0 Å². The van der Waals surface area contributed by atoms with Crippen LogP contribution in [0.25, 0.3) is 33.9 Å². The highest BCUT2D eigenvalue weighted by Gasteiger charge is 2.14. The molecule has 1 aromatic carbocycles. The Morgan fingerprint density at radius 3 is 2.67 bits per heavy atom. The number of rotatable bonds is 4. The van der Waals surface area contributed by atoms with Gasteiger partial charge in [0.2, 0.25) is 0 Å². The van der Waals surface area contributed by atoms with Gasteiger partial charge in [-0.2, -0.15) is 5.10 Å². The molecule has 0 saturated carbocycles. The molecule has 1 N–H and O–H groups in total. The zero-order valence-electron chi connectivity index (χ0n) is 14.7. The SMILES string of the molecule is CCOC(=O)c1ccc(-c2ccc(-c3nc4cnn(C)c4c(=O)[nH]3)o2)cc1. The molecule has 0 atom stereocenters. The van der Waals surface area contributed by atoms with Gasteiger partial charge < -0.3 is 14.1 Å². The number of hydrogen-bond donors (Lipinski definition) is 1. The highest BCUT2D eigenvalue weighted by Crippen LogP contribution is 2.27. The molecule has 0 fully saturated rings. The molecule has 0 saturated heterocycles. The van der Waals surface area contributed by atoms with Gasteiger partial charge in [-0.25, -0.2) is 9.78 Å². The molecule has 4 rings (SSSR count). The van der Waals surface area contributed by atoms with Gasteiger partial charge in [-0.15, -0.1) is 0 Å². The minimum Gasteiger partial charge on any atom is -0.462 e. The van der Waals surface area contributed by atoms with Crippen molar-refractivity contribution in [2.45, 2.75) is 6.92 Å². The van der Waals surface area contributed by atoms with Crippen molar-refractivity contribution in [1.82, 2.24) is 19.7 Å². The Balaban J connectivity index is 1.66. The quantitative estimate of drug-likeness (QED) is 0.559. The van der Waals surface area contributed by atoms with Gasteiger partial charge in [0.25, 0.3) is 5.56 Å². The molecule has 8 nitrogen and oxygen atoms in total. The Bertz CT molecular complexity index is 1180. The number of ether oxygens (including phenoxy) is 1. The number of aryl methyl sites for hydroxylation is 1. The monoisotopic (exact) mass is 364 g/mol. The van der Waals surface area contributed by atoms with Crippen molar-refractivity contribution < 1.29 is 13.9 Å². The second-order valence-electron chi connectivity index (χ2n) is 5.88. The lowest BCUT2D eigenvalue weighted by molar-refractivity contribution is 0.0526. The Labute approximate surface area is 153 Å². The maximum Gasteiger partial charge on any atom is 0.338 e. The second kappa shape index (κ2) is 6.56. The lowest BCUT2D eigenvalue weighted by atomic mass is 10.1. The normalized spacial score (nSPS) is 11.0. The molecule has 0 bridgehead atoms. The van der Waals surface area contributed by atoms with Gasteiger partial charge in [-0.05, 0) is 31.2 Å². The van der Waals surface area contributed by atoms with Crippen LogP contribution in [0.2, 0.25) is 0 Å². The molecule has 0 aliphatic heterocycles. The van der Waals surface area contributed by atoms with Crippen LogP contribution in [0.1, 0.15) is 17.3 Å². The summed E-state index contributed by atoms with van der Waals surface area (Å²) in [5, 5.41) is 4.05. The van der Waals surface area contributed by atoms with E-state index < -0.39 is 0 Å². The fraction of sp³-hybridized carbons (Fsp3) is 0.158. The molecule has 0 aliphatic carbocycles. The van der Waals surface area contributed by atoms with Crippen molar-refractivity contribution in [3.8, 4) is 22.9 Å². The van der Waals surface area contributed by atoms with Crippen molar-refractivity contribution in [2.24, 2.45) is 7.05 Å². The summed E-state index contributed by atoms with van der Waals surface area (Å²) in [6.07, 6.45) is 1.53. The molecule has 3 heterocycles. The number of H-pyrrole nitrogens is 1. The number of carbonyl (C=O) groups is 1. The molecule has 0 amide bonds. The molecule has 0 radical (unpaired) electrons. The summed E-state index contributed by atoms with van der Waals surface area (Å²) in [5.41, 5.74) is 1.87. The van der Waals surface area contributed by atoms with Crippen LogP contribution in [-0.4, -0.2) is 32.3 Å². The fourth-order valence-corrected chi connectivity index (χ4v) is 2.81. The zero-order valence-corrected chi connectivity index (χ0v) is 14.7. The molecule has 0 unspecified atom stereocenters. The number of hydrogen-bond acceptors (Lipinski definition) is 6. The smallest absolute Gasteiger partial charge is 0.338 e. The van der Waals surface area contributed by atoms with Crippen LogP contribution in [-0.2, 0) is 11.8 Å². The third-order valence-electron chi connectivity index (χ3n) is 4.12. The van der Waals surface area contributed by atoms with Gasteiger partial charge in [-0.1, -0.05) is 12.1 Å². The summed E-state index contributed by atoms with van der Waals surface area (Å²) in [4.78, 5) is 31.1. The van der Waals surface area contributed by atoms with Crippen LogP contribution < -0.4 is 5.56 Å². The number of aromatic nitrogens is 4. The van der Waals surface area contributed by atoms with E-state index in [-0.39, 0.29) is 11.5 Å². The van der Waals surface area contributed by atoms with Gasteiger partial charge in [0, 0.05) is 12.6 Å². The van der Waals surface area contributed by atoms with Gasteiger partial charge >= 0.3 is 5.97 Å². The number of aromatic amines is 1. The molecule has 27 heavy (non-hydrogen) atoms. The summed E-state index contributed by atoms with van der Waals surface area (Å²) < 4.78 is 12.3. The molecule has 3 aromatic heterocycles. The van der Waals surface area contributed by atoms with Gasteiger partial charge in [0.05, 0.1) is 18.4 Å². The van der Waals surface area contributed by atoms with E-state index in [4.69, 9.17) is 9.15 Å². The first-order valence-electron chi connectivity index (χ1n) is 8.36. The van der Waals surface area contributed by atoms with E-state index in [1.165, 1.54) is 10.9 Å². The minimum atomic E-state index is -0.365. The number of furan rings is 1. The number of nitrogens with zero attached hydrogens (tertiary/aromatic N) is 3. The maximum absolute atomic E-state index is 12.2. The predicted octanol–water partition coefficient (Wildman–Crippen LogP) is 2.76. The largest absolute Gasteiger partial charge is 0.462 e. The number of nitrogens with one attached hydrogen (secondary N) is 1. The Morgan fingerprint density at radius 1 is 1.19 bits per heavy atom. The van der Waals surface area contributed by atoms with Gasteiger partial charge in [0.1, 0.15) is 11.3 Å². The first-order valence-corrected chi connectivity index (χ1v) is 8.36. The van der Waals surface area contributed by atoms with E-state index in [1.807, 2.05) is 0 Å². The fourth-order valence-electron chi connectivity index (χ4n) is 2.81. The van der Waals surface area contributed by atoms with Crippen LogP contribution in [0.15, 0.2) is 51.8 Å². The van der Waals surface area contributed by atoms with E-state index >= 15 is 0 Å². The third kappa shape index (κ3) is 3.01. The van der Waals surface area contributed by atoms with Crippen molar-refractivity contribution in [3.05, 3.63) is 58.5 Å². The van der Waals surface area contributed by atoms with Gasteiger partial charge in [0.15, 0.2) is 17.1 Å². The summed E-state index contributed by atoms with van der Waals surface area (Å²) in [5.74, 6) is 0.988. The molecule has 8 heteroatoms. The highest BCUT2D eigenvalue weighted by molar-refractivity contribution is 5.90. The van der Waals surface area contributed by atoms with E-state index in [0.717, 1.165) is 5.56 Å². The predicted molar refractivity (Wildman–Crippen MR) is 98.2 cm³/mol. The van der Waals surface area contributed by atoms with Crippen LogP contribution in [0.4, 0.5) is 0 Å². The molecular weight excluding hydrogens is 348 g/mol. The zero-order chi connectivity index (χ0) is 19.0. The molecule has 0 aliphatic rings. The maximum atomic E-state index is 12.2. The minimum absolute atomic E-state index is 0.285. The molecular formula is C19H16N4O4. The van der Waals surface area contributed by atoms with Crippen molar-refractivity contribution >= 4 is 17.0 Å². The second-order valence-corrected chi connectivity index (χ2v) is 5.88. The summed E-state index contributed by atoms with van der Waals surface area (Å²) in [6, 6.07) is 10.4. The van der Waals surface area contributed by atoms with Crippen LogP contribution >= 0.6 is 0 Å². The summed E-state index contributed by atoms with van der Waals surface area (Å²) >= 11 is 0. The number of esters is 1. The van der Waals surface area contributed by atoms with E-state index in [2.05, 4.69) is 15.1 Å². The Hall–Kier alpha value is -3.68. The lowest BCUT2D eigenvalue weighted by Crippen LogP contribution is -2.12. The molecule has 136 valence electrons. The Kier molecular flexibility index (Phi) is 4.08. The first kappa shape index (κ1) is 16.8. The van der Waals surface area contributed by atoms with Crippen LogP contribution in [0.3, 0.4) is 0 Å². The van der Waals surface area contributed by atoms with Crippen LogP contribution in [0.5, 0.6) is 0 Å². The van der Waals surface area contributed by atoms with E-state index in [0.29, 0.717) is 40.5 Å². The Morgan fingerprint density at radius 2 is 1.93 bits per heavy atom.